The molecule has 8 aromatic carbocycles. The molecule has 0 fully saturated rings. The van der Waals surface area contributed by atoms with Gasteiger partial charge in [-0.1, -0.05) is 158 Å². The third-order valence-electron chi connectivity index (χ3n) is 11.5. The topological polar surface area (TPSA) is 79.4 Å². The van der Waals surface area contributed by atoms with E-state index >= 15 is 0 Å². The molecule has 60 heavy (non-hydrogen) atoms. The molecule has 2 aromatic heterocycles. The molecule has 0 spiro atoms. The lowest BCUT2D eigenvalue weighted by atomic mass is 9.86. The Hall–Kier alpha value is -8.00. The van der Waals surface area contributed by atoms with Gasteiger partial charge in [0.15, 0.2) is 17.5 Å². The maximum absolute atomic E-state index is 6.32. The highest BCUT2D eigenvalue weighted by molar-refractivity contribution is 6.19. The Kier molecular flexibility index (Phi) is 7.86. The van der Waals surface area contributed by atoms with Gasteiger partial charge in [-0.15, -0.1) is 0 Å². The molecule has 7 heteroatoms. The zero-order valence-corrected chi connectivity index (χ0v) is 32.2. The van der Waals surface area contributed by atoms with Crippen molar-refractivity contribution in [1.29, 1.82) is 0 Å². The van der Waals surface area contributed by atoms with Gasteiger partial charge in [-0.05, 0) is 75.0 Å². The fourth-order valence-electron chi connectivity index (χ4n) is 8.55. The van der Waals surface area contributed by atoms with Crippen molar-refractivity contribution in [3.05, 3.63) is 199 Å². The third kappa shape index (κ3) is 5.79. The number of hydrogen-bond donors (Lipinski definition) is 1. The maximum atomic E-state index is 6.32. The van der Waals surface area contributed by atoms with Crippen LogP contribution in [0.25, 0.3) is 95.2 Å². The van der Waals surface area contributed by atoms with Crippen molar-refractivity contribution in [2.24, 2.45) is 5.10 Å². The van der Waals surface area contributed by atoms with E-state index in [2.05, 4.69) is 145 Å². The minimum Gasteiger partial charge on any atom is -0.456 e. The zero-order valence-electron chi connectivity index (χ0n) is 32.2. The van der Waals surface area contributed by atoms with Gasteiger partial charge >= 0.3 is 0 Å². The first kappa shape index (κ1) is 34.1. The average Bonchev–Trinajstić information content (AvgIpc) is 3.94. The van der Waals surface area contributed by atoms with Crippen LogP contribution in [0.5, 0.6) is 0 Å². The van der Waals surface area contributed by atoms with Crippen molar-refractivity contribution in [3.8, 4) is 56.4 Å². The Morgan fingerprint density at radius 3 is 1.95 bits per heavy atom. The number of para-hydroxylation sites is 2. The molecule has 3 heterocycles. The van der Waals surface area contributed by atoms with Gasteiger partial charge in [-0.2, -0.15) is 15.6 Å². The van der Waals surface area contributed by atoms with Crippen molar-refractivity contribution in [1.82, 2.24) is 20.4 Å². The Morgan fingerprint density at radius 1 is 0.467 bits per heavy atom. The molecule has 1 unspecified atom stereocenters. The highest BCUT2D eigenvalue weighted by Crippen LogP contribution is 2.38. The lowest BCUT2D eigenvalue weighted by Gasteiger charge is -2.20. The summed E-state index contributed by atoms with van der Waals surface area (Å²) in [6.45, 7) is 0. The Morgan fingerprint density at radius 2 is 1.10 bits per heavy atom. The fraction of sp³-hybridized carbons (Fsp3) is 0.0189. The number of nitrogens with zero attached hydrogens (tertiary/aromatic N) is 5. The number of hydrogen-bond acceptors (Lipinski definition) is 7. The van der Waals surface area contributed by atoms with E-state index in [0.29, 0.717) is 17.5 Å². The first-order chi connectivity index (χ1) is 29.7. The lowest BCUT2D eigenvalue weighted by Crippen LogP contribution is -2.37. The van der Waals surface area contributed by atoms with Gasteiger partial charge in [0, 0.05) is 33.0 Å². The van der Waals surface area contributed by atoms with E-state index in [1.165, 1.54) is 0 Å². The molecular weight excluding hydrogens is 737 g/mol. The number of hydrazone groups is 1. The normalized spacial score (nSPS) is 14.4. The number of nitrogens with one attached hydrogen (secondary N) is 1. The summed E-state index contributed by atoms with van der Waals surface area (Å²) in [4.78, 5) is 15.5. The molecule has 12 rings (SSSR count). The van der Waals surface area contributed by atoms with E-state index in [0.717, 1.165) is 94.2 Å². The number of fused-ring (bicyclic) bond motifs is 8. The van der Waals surface area contributed by atoms with Crippen LogP contribution < -0.4 is 10.5 Å². The first-order valence-corrected chi connectivity index (χ1v) is 20.1. The van der Waals surface area contributed by atoms with Crippen LogP contribution >= 0.6 is 0 Å². The van der Waals surface area contributed by atoms with Gasteiger partial charge in [0.05, 0.1) is 17.4 Å². The van der Waals surface area contributed by atoms with Crippen molar-refractivity contribution >= 4 is 50.2 Å². The molecule has 0 radical (unpaired) electrons. The SMILES string of the molecule is C1=CC2NN(c3ccccc3)N=C2c2c1ccc1ccc(-c3ccccc3-c3nc(-c4ccc(-c5ccccc5)cc4)nc(-c4ccc5c(c4)oc4ccccc45)n3)cc21. The summed E-state index contributed by atoms with van der Waals surface area (Å²) in [5.74, 6) is 1.75. The van der Waals surface area contributed by atoms with Crippen LogP contribution in [0.4, 0.5) is 5.69 Å². The molecule has 1 N–H and O–H groups in total. The number of hydrazine groups is 1. The third-order valence-corrected chi connectivity index (χ3v) is 11.5. The summed E-state index contributed by atoms with van der Waals surface area (Å²) in [6.07, 6.45) is 4.38. The molecule has 1 aliphatic carbocycles. The van der Waals surface area contributed by atoms with Gasteiger partial charge in [-0.25, -0.2) is 15.0 Å². The summed E-state index contributed by atoms with van der Waals surface area (Å²) in [6, 6.07) is 62.8. The number of anilines is 1. The molecule has 7 nitrogen and oxygen atoms in total. The van der Waals surface area contributed by atoms with Gasteiger partial charge < -0.3 is 4.42 Å². The van der Waals surface area contributed by atoms with Crippen molar-refractivity contribution in [3.63, 3.8) is 0 Å². The number of aromatic nitrogens is 3. The second kappa shape index (κ2) is 13.8. The van der Waals surface area contributed by atoms with Crippen LogP contribution in [0.1, 0.15) is 11.1 Å². The lowest BCUT2D eigenvalue weighted by molar-refractivity contribution is 0.669. The largest absolute Gasteiger partial charge is 0.456 e. The van der Waals surface area contributed by atoms with Crippen molar-refractivity contribution < 1.29 is 4.42 Å². The van der Waals surface area contributed by atoms with Crippen LogP contribution in [0, 0.1) is 0 Å². The minimum absolute atomic E-state index is 0.0400. The molecule has 1 aliphatic heterocycles. The summed E-state index contributed by atoms with van der Waals surface area (Å²) < 4.78 is 6.32. The van der Waals surface area contributed by atoms with E-state index in [9.17, 15) is 0 Å². The highest BCUT2D eigenvalue weighted by atomic mass is 16.3. The molecule has 0 bridgehead atoms. The second-order valence-corrected chi connectivity index (χ2v) is 15.2. The molecule has 0 saturated carbocycles. The van der Waals surface area contributed by atoms with Crippen LogP contribution in [-0.2, 0) is 0 Å². The Bertz CT molecular complexity index is 3350. The number of rotatable bonds is 6. The fourth-order valence-corrected chi connectivity index (χ4v) is 8.55. The van der Waals surface area contributed by atoms with E-state index < -0.39 is 0 Å². The summed E-state index contributed by atoms with van der Waals surface area (Å²) >= 11 is 0. The minimum atomic E-state index is -0.0400. The van der Waals surface area contributed by atoms with E-state index in [1.807, 2.05) is 59.7 Å². The average molecular weight is 771 g/mol. The summed E-state index contributed by atoms with van der Waals surface area (Å²) in [5, 5.41) is 11.4. The predicted molar refractivity (Wildman–Crippen MR) is 243 cm³/mol. The molecule has 282 valence electrons. The highest BCUT2D eigenvalue weighted by Gasteiger charge is 2.31. The molecule has 1 atom stereocenters. The predicted octanol–water partition coefficient (Wildman–Crippen LogP) is 12.4. The van der Waals surface area contributed by atoms with Crippen LogP contribution in [0.15, 0.2) is 198 Å². The molecule has 0 amide bonds. The smallest absolute Gasteiger partial charge is 0.164 e. The van der Waals surface area contributed by atoms with Gasteiger partial charge in [0.2, 0.25) is 0 Å². The van der Waals surface area contributed by atoms with Crippen LogP contribution in [-0.4, -0.2) is 26.7 Å². The Labute approximate surface area is 345 Å². The molecular formula is C53H34N6O. The quantitative estimate of drug-likeness (QED) is 0.181. The Balaban J connectivity index is 1.00. The molecule has 2 aliphatic rings. The summed E-state index contributed by atoms with van der Waals surface area (Å²) in [7, 11) is 0. The molecule has 0 saturated heterocycles. The van der Waals surface area contributed by atoms with E-state index in [-0.39, 0.29) is 6.04 Å². The van der Waals surface area contributed by atoms with Gasteiger partial charge in [0.1, 0.15) is 11.2 Å². The standard InChI is InChI=1S/C53H34N6O/c1-3-11-33(12-4-1)34-19-24-37(25-20-34)51-54-52(39-27-29-43-42-16-9-10-18-47(42)60-48(43)32-39)56-53(55-51)44-17-8-7-15-41(44)38-26-22-35-21-23-36-28-30-46-50(49(36)45(35)31-38)58-59(57-46)40-13-5-2-6-14-40/h1-32,46,57H. The van der Waals surface area contributed by atoms with Crippen molar-refractivity contribution in [2.75, 3.05) is 5.12 Å². The molecule has 10 aromatic rings. The first-order valence-electron chi connectivity index (χ1n) is 20.1. The monoisotopic (exact) mass is 770 g/mol. The van der Waals surface area contributed by atoms with Gasteiger partial charge in [-0.3, -0.25) is 0 Å². The van der Waals surface area contributed by atoms with E-state index in [1.54, 1.807) is 0 Å². The van der Waals surface area contributed by atoms with Gasteiger partial charge in [0.25, 0.3) is 0 Å². The van der Waals surface area contributed by atoms with Crippen LogP contribution in [0.3, 0.4) is 0 Å². The second-order valence-electron chi connectivity index (χ2n) is 15.2. The van der Waals surface area contributed by atoms with Crippen molar-refractivity contribution in [2.45, 2.75) is 6.04 Å². The number of furan rings is 1. The zero-order chi connectivity index (χ0) is 39.6. The van der Waals surface area contributed by atoms with E-state index in [4.69, 9.17) is 24.5 Å². The van der Waals surface area contributed by atoms with Crippen LogP contribution in [0.2, 0.25) is 0 Å². The maximum Gasteiger partial charge on any atom is 0.164 e. The number of benzene rings is 8. The summed E-state index contributed by atoms with van der Waals surface area (Å²) in [5.41, 5.74) is 16.5.